The van der Waals surface area contributed by atoms with Gasteiger partial charge in [-0.3, -0.25) is 9.89 Å². The maximum Gasteiger partial charge on any atom is 0.193 e. The van der Waals surface area contributed by atoms with Crippen molar-refractivity contribution in [2.45, 2.75) is 32.7 Å². The molecule has 0 aliphatic carbocycles. The Morgan fingerprint density at radius 1 is 1.22 bits per heavy atom. The van der Waals surface area contributed by atoms with Crippen LogP contribution < -0.4 is 11.1 Å². The molecule has 1 atom stereocenters. The van der Waals surface area contributed by atoms with E-state index in [9.17, 15) is 0 Å². The second-order valence-electron chi connectivity index (χ2n) is 6.82. The number of nitrogens with one attached hydrogen (secondary N) is 1. The molecule has 0 spiro atoms. The Labute approximate surface area is 140 Å². The molecular weight excluding hydrogens is 286 g/mol. The first kappa shape index (κ1) is 17.8. The van der Waals surface area contributed by atoms with Crippen LogP contribution in [-0.4, -0.2) is 61.6 Å². The number of guanidine groups is 1. The number of nitrogens with two attached hydrogens (primary N) is 1. The van der Waals surface area contributed by atoms with Gasteiger partial charge in [-0.2, -0.15) is 0 Å². The summed E-state index contributed by atoms with van der Waals surface area (Å²) in [5, 5.41) is 3.20. The highest BCUT2D eigenvalue weighted by Crippen LogP contribution is 2.18. The standard InChI is InChI=1S/C18H31N5/c1-14(2)16-6-5-7-17(12-16)21-18(19)20-13-15(3)23-10-8-22(4)9-11-23/h5-7,12,14-15H,8-11,13H2,1-4H3,(H3,19,20,21). The lowest BCUT2D eigenvalue weighted by molar-refractivity contribution is 0.122. The van der Waals surface area contributed by atoms with Crippen molar-refractivity contribution in [3.63, 3.8) is 0 Å². The minimum atomic E-state index is 0.422. The molecule has 1 heterocycles. The second kappa shape index (κ2) is 8.31. The van der Waals surface area contributed by atoms with E-state index in [1.807, 2.05) is 6.07 Å². The molecule has 0 radical (unpaired) electrons. The van der Waals surface area contributed by atoms with E-state index < -0.39 is 0 Å². The van der Waals surface area contributed by atoms with Gasteiger partial charge in [-0.05, 0) is 37.6 Å². The van der Waals surface area contributed by atoms with Gasteiger partial charge in [0.15, 0.2) is 5.96 Å². The van der Waals surface area contributed by atoms with Crippen LogP contribution in [-0.2, 0) is 0 Å². The van der Waals surface area contributed by atoms with Crippen molar-refractivity contribution in [1.82, 2.24) is 9.80 Å². The van der Waals surface area contributed by atoms with Gasteiger partial charge in [-0.25, -0.2) is 0 Å². The number of rotatable bonds is 5. The number of hydrogen-bond acceptors (Lipinski definition) is 3. The topological polar surface area (TPSA) is 56.9 Å². The molecule has 0 amide bonds. The van der Waals surface area contributed by atoms with E-state index >= 15 is 0 Å². The zero-order valence-electron chi connectivity index (χ0n) is 14.9. The Morgan fingerprint density at radius 2 is 1.91 bits per heavy atom. The Hall–Kier alpha value is -1.59. The maximum atomic E-state index is 6.04. The van der Waals surface area contributed by atoms with Gasteiger partial charge in [-0.1, -0.05) is 26.0 Å². The van der Waals surface area contributed by atoms with E-state index in [0.29, 0.717) is 17.9 Å². The minimum Gasteiger partial charge on any atom is -0.370 e. The molecule has 23 heavy (non-hydrogen) atoms. The lowest BCUT2D eigenvalue weighted by Gasteiger charge is -2.35. The summed E-state index contributed by atoms with van der Waals surface area (Å²) in [6.45, 7) is 11.8. The number of hydrogen-bond donors (Lipinski definition) is 2. The van der Waals surface area contributed by atoms with E-state index in [1.54, 1.807) is 0 Å². The van der Waals surface area contributed by atoms with Crippen LogP contribution in [0.5, 0.6) is 0 Å². The van der Waals surface area contributed by atoms with Crippen molar-refractivity contribution < 1.29 is 0 Å². The fourth-order valence-corrected chi connectivity index (χ4v) is 2.77. The predicted octanol–water partition coefficient (Wildman–Crippen LogP) is 2.17. The van der Waals surface area contributed by atoms with Crippen molar-refractivity contribution in [2.75, 3.05) is 45.1 Å². The van der Waals surface area contributed by atoms with Crippen molar-refractivity contribution in [2.24, 2.45) is 10.7 Å². The van der Waals surface area contributed by atoms with Crippen molar-refractivity contribution in [1.29, 1.82) is 0 Å². The quantitative estimate of drug-likeness (QED) is 0.645. The number of nitrogens with zero attached hydrogens (tertiary/aromatic N) is 3. The van der Waals surface area contributed by atoms with Crippen LogP contribution in [0.2, 0.25) is 0 Å². The molecule has 0 saturated carbocycles. The van der Waals surface area contributed by atoms with Gasteiger partial charge in [0.1, 0.15) is 0 Å². The molecule has 5 nitrogen and oxygen atoms in total. The average molecular weight is 317 g/mol. The van der Waals surface area contributed by atoms with E-state index in [4.69, 9.17) is 5.73 Å². The Morgan fingerprint density at radius 3 is 2.57 bits per heavy atom. The molecule has 5 heteroatoms. The fourth-order valence-electron chi connectivity index (χ4n) is 2.77. The van der Waals surface area contributed by atoms with E-state index in [0.717, 1.165) is 38.4 Å². The van der Waals surface area contributed by atoms with E-state index in [-0.39, 0.29) is 0 Å². The fraction of sp³-hybridized carbons (Fsp3) is 0.611. The van der Waals surface area contributed by atoms with Gasteiger partial charge in [0, 0.05) is 37.9 Å². The number of anilines is 1. The van der Waals surface area contributed by atoms with Crippen LogP contribution in [0.3, 0.4) is 0 Å². The summed E-state index contributed by atoms with van der Waals surface area (Å²) in [7, 11) is 2.17. The van der Waals surface area contributed by atoms with Crippen LogP contribution >= 0.6 is 0 Å². The number of piperazine rings is 1. The van der Waals surface area contributed by atoms with Crippen molar-refractivity contribution >= 4 is 11.6 Å². The summed E-state index contributed by atoms with van der Waals surface area (Å²) >= 11 is 0. The van der Waals surface area contributed by atoms with Crippen LogP contribution in [0.15, 0.2) is 29.3 Å². The number of likely N-dealkylation sites (N-methyl/N-ethyl adjacent to an activating group) is 1. The third kappa shape index (κ3) is 5.52. The van der Waals surface area contributed by atoms with Gasteiger partial charge >= 0.3 is 0 Å². The third-order valence-electron chi connectivity index (χ3n) is 4.51. The Kier molecular flexibility index (Phi) is 6.42. The van der Waals surface area contributed by atoms with Gasteiger partial charge in [-0.15, -0.1) is 0 Å². The first-order valence-corrected chi connectivity index (χ1v) is 8.55. The SMILES string of the molecule is CC(C)c1cccc(NC(N)=NCC(C)N2CCN(C)CC2)c1. The highest BCUT2D eigenvalue weighted by atomic mass is 15.3. The molecule has 128 valence electrons. The number of benzene rings is 1. The van der Waals surface area contributed by atoms with Crippen LogP contribution in [0, 0.1) is 0 Å². The van der Waals surface area contributed by atoms with Crippen molar-refractivity contribution in [3.8, 4) is 0 Å². The molecule has 1 aliphatic rings. The van der Waals surface area contributed by atoms with Crippen LogP contribution in [0.25, 0.3) is 0 Å². The van der Waals surface area contributed by atoms with Crippen molar-refractivity contribution in [3.05, 3.63) is 29.8 Å². The highest BCUT2D eigenvalue weighted by molar-refractivity contribution is 5.92. The van der Waals surface area contributed by atoms with E-state index in [2.05, 4.69) is 66.1 Å². The molecule has 1 fully saturated rings. The summed E-state index contributed by atoms with van der Waals surface area (Å²) in [5.41, 5.74) is 8.35. The minimum absolute atomic E-state index is 0.422. The Balaban J connectivity index is 1.86. The predicted molar refractivity (Wildman–Crippen MR) is 99.2 cm³/mol. The average Bonchev–Trinajstić information content (AvgIpc) is 2.53. The van der Waals surface area contributed by atoms with Gasteiger partial charge < -0.3 is 16.0 Å². The molecule has 1 aliphatic heterocycles. The monoisotopic (exact) mass is 317 g/mol. The highest BCUT2D eigenvalue weighted by Gasteiger charge is 2.18. The van der Waals surface area contributed by atoms with Gasteiger partial charge in [0.25, 0.3) is 0 Å². The lowest BCUT2D eigenvalue weighted by Crippen LogP contribution is -2.49. The maximum absolute atomic E-state index is 6.04. The zero-order chi connectivity index (χ0) is 16.8. The summed E-state index contributed by atoms with van der Waals surface area (Å²) in [6, 6.07) is 8.77. The molecule has 1 aromatic carbocycles. The lowest BCUT2D eigenvalue weighted by atomic mass is 10.0. The summed E-state index contributed by atoms with van der Waals surface area (Å²) in [6.07, 6.45) is 0. The first-order valence-electron chi connectivity index (χ1n) is 8.55. The molecule has 0 aromatic heterocycles. The zero-order valence-corrected chi connectivity index (χ0v) is 14.9. The normalized spacial score (nSPS) is 19.1. The molecule has 2 rings (SSSR count). The molecule has 1 unspecified atom stereocenters. The molecular formula is C18H31N5. The number of aliphatic imine (C=N–C) groups is 1. The summed E-state index contributed by atoms with van der Waals surface area (Å²) in [5.74, 6) is 0.999. The Bertz CT molecular complexity index is 518. The van der Waals surface area contributed by atoms with Gasteiger partial charge in [0.2, 0.25) is 0 Å². The first-order chi connectivity index (χ1) is 11.0. The van der Waals surface area contributed by atoms with Gasteiger partial charge in [0.05, 0.1) is 6.54 Å². The third-order valence-corrected chi connectivity index (χ3v) is 4.51. The molecule has 1 saturated heterocycles. The smallest absolute Gasteiger partial charge is 0.193 e. The largest absolute Gasteiger partial charge is 0.370 e. The summed E-state index contributed by atoms with van der Waals surface area (Å²) < 4.78 is 0. The van der Waals surface area contributed by atoms with E-state index in [1.165, 1.54) is 5.56 Å². The molecule has 3 N–H and O–H groups in total. The summed E-state index contributed by atoms with van der Waals surface area (Å²) in [4.78, 5) is 9.36. The molecule has 0 bridgehead atoms. The van der Waals surface area contributed by atoms with Crippen LogP contribution in [0.1, 0.15) is 32.3 Å². The van der Waals surface area contributed by atoms with Crippen LogP contribution in [0.4, 0.5) is 5.69 Å². The second-order valence-corrected chi connectivity index (χ2v) is 6.82. The molecule has 1 aromatic rings.